The fraction of sp³-hybridized carbons (Fsp3) is 0.455. The maximum Gasteiger partial charge on any atom is 0.573 e. The van der Waals surface area contributed by atoms with E-state index in [1.165, 1.54) is 12.1 Å². The van der Waals surface area contributed by atoms with Gasteiger partial charge < -0.3 is 9.47 Å². The lowest BCUT2D eigenvalue weighted by Gasteiger charge is -2.11. The van der Waals surface area contributed by atoms with E-state index in [2.05, 4.69) is 20.7 Å². The number of alkyl halides is 3. The Bertz CT molecular complexity index is 366. The third kappa shape index (κ3) is 5.81. The summed E-state index contributed by atoms with van der Waals surface area (Å²) in [6.07, 6.45) is -2.89. The number of unbranched alkanes of at least 4 members (excludes halogenated alkanes) is 1. The van der Waals surface area contributed by atoms with Crippen LogP contribution in [0.1, 0.15) is 19.8 Å². The largest absolute Gasteiger partial charge is 0.573 e. The molecular formula is C11H12BrF3O2. The van der Waals surface area contributed by atoms with Crippen LogP contribution in [0.3, 0.4) is 0 Å². The van der Waals surface area contributed by atoms with Crippen molar-refractivity contribution in [2.24, 2.45) is 0 Å². The number of benzene rings is 1. The van der Waals surface area contributed by atoms with Crippen molar-refractivity contribution in [3.63, 3.8) is 0 Å². The standard InChI is InChI=1S/C11H12BrF3O2/c1-2-3-4-16-9-5-8(12)6-10(7-9)17-11(13,14)15/h5-7H,2-4H2,1H3. The average molecular weight is 313 g/mol. The molecule has 0 N–H and O–H groups in total. The summed E-state index contributed by atoms with van der Waals surface area (Å²) in [5.74, 6) is 0.0606. The van der Waals surface area contributed by atoms with Gasteiger partial charge in [-0.2, -0.15) is 0 Å². The van der Waals surface area contributed by atoms with Crippen LogP contribution in [0, 0.1) is 0 Å². The van der Waals surface area contributed by atoms with Gasteiger partial charge in [0.05, 0.1) is 6.61 Å². The first-order valence-electron chi connectivity index (χ1n) is 5.10. The lowest BCUT2D eigenvalue weighted by Crippen LogP contribution is -2.17. The maximum absolute atomic E-state index is 12.0. The van der Waals surface area contributed by atoms with Gasteiger partial charge in [0, 0.05) is 10.5 Å². The molecule has 0 aliphatic carbocycles. The first-order valence-corrected chi connectivity index (χ1v) is 5.89. The van der Waals surface area contributed by atoms with Gasteiger partial charge in [0.1, 0.15) is 11.5 Å². The number of ether oxygens (including phenoxy) is 2. The lowest BCUT2D eigenvalue weighted by molar-refractivity contribution is -0.274. The van der Waals surface area contributed by atoms with Crippen molar-refractivity contribution >= 4 is 15.9 Å². The molecule has 0 heterocycles. The fourth-order valence-electron chi connectivity index (χ4n) is 1.15. The Morgan fingerprint density at radius 3 is 2.41 bits per heavy atom. The molecule has 0 bridgehead atoms. The molecule has 0 aromatic heterocycles. The summed E-state index contributed by atoms with van der Waals surface area (Å²) in [5, 5.41) is 0. The summed E-state index contributed by atoms with van der Waals surface area (Å²) in [6.45, 7) is 2.47. The van der Waals surface area contributed by atoms with Crippen LogP contribution in [-0.2, 0) is 0 Å². The van der Waals surface area contributed by atoms with E-state index in [1.807, 2.05) is 6.92 Å². The predicted molar refractivity (Wildman–Crippen MR) is 61.2 cm³/mol. The molecule has 1 rings (SSSR count). The molecule has 6 heteroatoms. The third-order valence-corrected chi connectivity index (χ3v) is 2.30. The van der Waals surface area contributed by atoms with Crippen molar-refractivity contribution < 1.29 is 22.6 Å². The molecule has 96 valence electrons. The highest BCUT2D eigenvalue weighted by Gasteiger charge is 2.31. The second kappa shape index (κ2) is 6.14. The van der Waals surface area contributed by atoms with Gasteiger partial charge >= 0.3 is 6.36 Å². The van der Waals surface area contributed by atoms with Crippen molar-refractivity contribution in [1.29, 1.82) is 0 Å². The van der Waals surface area contributed by atoms with Crippen LogP contribution in [0.2, 0.25) is 0 Å². The second-order valence-electron chi connectivity index (χ2n) is 3.37. The topological polar surface area (TPSA) is 18.5 Å². The summed E-state index contributed by atoms with van der Waals surface area (Å²) < 4.78 is 45.7. The average Bonchev–Trinajstić information content (AvgIpc) is 2.14. The zero-order chi connectivity index (χ0) is 12.9. The van der Waals surface area contributed by atoms with Crippen molar-refractivity contribution in [2.45, 2.75) is 26.1 Å². The first-order chi connectivity index (χ1) is 7.90. The van der Waals surface area contributed by atoms with E-state index >= 15 is 0 Å². The summed E-state index contributed by atoms with van der Waals surface area (Å²) >= 11 is 3.10. The molecule has 0 aliphatic rings. The summed E-state index contributed by atoms with van der Waals surface area (Å²) in [6, 6.07) is 4.05. The van der Waals surface area contributed by atoms with Gasteiger partial charge in [-0.3, -0.25) is 0 Å². The summed E-state index contributed by atoms with van der Waals surface area (Å²) in [7, 11) is 0. The monoisotopic (exact) mass is 312 g/mol. The Kier molecular flexibility index (Phi) is 5.11. The minimum atomic E-state index is -4.69. The van der Waals surface area contributed by atoms with E-state index in [4.69, 9.17) is 4.74 Å². The molecule has 0 aliphatic heterocycles. The Labute approximate surface area is 106 Å². The van der Waals surface area contributed by atoms with E-state index in [0.717, 1.165) is 12.8 Å². The normalized spacial score (nSPS) is 11.4. The number of hydrogen-bond acceptors (Lipinski definition) is 2. The van der Waals surface area contributed by atoms with Gasteiger partial charge in [-0.15, -0.1) is 13.2 Å². The van der Waals surface area contributed by atoms with Crippen LogP contribution in [0.5, 0.6) is 11.5 Å². The molecule has 0 atom stereocenters. The van der Waals surface area contributed by atoms with Crippen LogP contribution < -0.4 is 9.47 Å². The van der Waals surface area contributed by atoms with Gasteiger partial charge in [-0.1, -0.05) is 29.3 Å². The number of halogens is 4. The van der Waals surface area contributed by atoms with Gasteiger partial charge in [-0.05, 0) is 18.6 Å². The number of rotatable bonds is 5. The Morgan fingerprint density at radius 2 is 1.82 bits per heavy atom. The SMILES string of the molecule is CCCCOc1cc(Br)cc(OC(F)(F)F)c1. The minimum absolute atomic E-state index is 0.293. The zero-order valence-electron chi connectivity index (χ0n) is 9.18. The van der Waals surface area contributed by atoms with Crippen LogP contribution in [0.15, 0.2) is 22.7 Å². The van der Waals surface area contributed by atoms with Crippen LogP contribution in [0.4, 0.5) is 13.2 Å². The molecular weight excluding hydrogens is 301 g/mol. The molecule has 0 spiro atoms. The molecule has 17 heavy (non-hydrogen) atoms. The molecule has 0 unspecified atom stereocenters. The van der Waals surface area contributed by atoms with E-state index in [9.17, 15) is 13.2 Å². The molecule has 0 radical (unpaired) electrons. The summed E-state index contributed by atoms with van der Waals surface area (Å²) in [4.78, 5) is 0. The highest BCUT2D eigenvalue weighted by atomic mass is 79.9. The first kappa shape index (κ1) is 14.2. The second-order valence-corrected chi connectivity index (χ2v) is 4.29. The summed E-state index contributed by atoms with van der Waals surface area (Å²) in [5.41, 5.74) is 0. The van der Waals surface area contributed by atoms with Crippen molar-refractivity contribution in [2.75, 3.05) is 6.61 Å². The van der Waals surface area contributed by atoms with Crippen LogP contribution in [0.25, 0.3) is 0 Å². The molecule has 1 aromatic carbocycles. The molecule has 0 fully saturated rings. The van der Waals surface area contributed by atoms with Crippen molar-refractivity contribution in [1.82, 2.24) is 0 Å². The molecule has 0 amide bonds. The lowest BCUT2D eigenvalue weighted by atomic mass is 10.3. The predicted octanol–water partition coefficient (Wildman–Crippen LogP) is 4.53. The molecule has 0 saturated carbocycles. The highest BCUT2D eigenvalue weighted by Crippen LogP contribution is 2.30. The minimum Gasteiger partial charge on any atom is -0.493 e. The fourth-order valence-corrected chi connectivity index (χ4v) is 1.60. The quantitative estimate of drug-likeness (QED) is 0.744. The van der Waals surface area contributed by atoms with Crippen LogP contribution >= 0.6 is 15.9 Å². The van der Waals surface area contributed by atoms with E-state index in [1.54, 1.807) is 6.07 Å². The van der Waals surface area contributed by atoms with Crippen molar-refractivity contribution in [3.05, 3.63) is 22.7 Å². The maximum atomic E-state index is 12.0. The van der Waals surface area contributed by atoms with Gasteiger partial charge in [0.2, 0.25) is 0 Å². The van der Waals surface area contributed by atoms with Gasteiger partial charge in [0.25, 0.3) is 0 Å². The number of hydrogen-bond donors (Lipinski definition) is 0. The van der Waals surface area contributed by atoms with E-state index in [0.29, 0.717) is 16.8 Å². The van der Waals surface area contributed by atoms with Gasteiger partial charge in [0.15, 0.2) is 0 Å². The molecule has 0 saturated heterocycles. The highest BCUT2D eigenvalue weighted by molar-refractivity contribution is 9.10. The Morgan fingerprint density at radius 1 is 1.18 bits per heavy atom. The molecule has 2 nitrogen and oxygen atoms in total. The Balaban J connectivity index is 2.72. The van der Waals surface area contributed by atoms with Gasteiger partial charge in [-0.25, -0.2) is 0 Å². The van der Waals surface area contributed by atoms with Crippen LogP contribution in [-0.4, -0.2) is 13.0 Å². The smallest absolute Gasteiger partial charge is 0.493 e. The Hall–Kier alpha value is -0.910. The zero-order valence-corrected chi connectivity index (χ0v) is 10.8. The van der Waals surface area contributed by atoms with Crippen molar-refractivity contribution in [3.8, 4) is 11.5 Å². The molecule has 1 aromatic rings. The van der Waals surface area contributed by atoms with E-state index < -0.39 is 6.36 Å². The van der Waals surface area contributed by atoms with E-state index in [-0.39, 0.29) is 5.75 Å². The third-order valence-electron chi connectivity index (χ3n) is 1.85.